The number of nitrogens with one attached hydrogen (secondary N) is 1. The van der Waals surface area contributed by atoms with Gasteiger partial charge in [0.15, 0.2) is 11.5 Å². The van der Waals surface area contributed by atoms with Crippen LogP contribution in [0.1, 0.15) is 31.2 Å². The first-order valence-electron chi connectivity index (χ1n) is 6.59. The minimum Gasteiger partial charge on any atom is -0.504 e. The van der Waals surface area contributed by atoms with Crippen LogP contribution in [0.25, 0.3) is 0 Å². The van der Waals surface area contributed by atoms with Crippen LogP contribution in [0.3, 0.4) is 0 Å². The first-order chi connectivity index (χ1) is 8.75. The van der Waals surface area contributed by atoms with E-state index in [0.717, 1.165) is 18.7 Å². The van der Waals surface area contributed by atoms with Gasteiger partial charge in [-0.05, 0) is 30.5 Å². The summed E-state index contributed by atoms with van der Waals surface area (Å²) in [5.41, 5.74) is 0.950. The summed E-state index contributed by atoms with van der Waals surface area (Å²) in [7, 11) is 0. The van der Waals surface area contributed by atoms with Gasteiger partial charge in [-0.1, -0.05) is 18.9 Å². The Morgan fingerprint density at radius 3 is 2.67 bits per heavy atom. The van der Waals surface area contributed by atoms with Gasteiger partial charge in [0.05, 0.1) is 12.7 Å². The molecule has 4 heteroatoms. The van der Waals surface area contributed by atoms with E-state index in [0.29, 0.717) is 12.6 Å². The Hall–Kier alpha value is -1.26. The number of benzene rings is 1. The number of ether oxygens (including phenoxy) is 1. The van der Waals surface area contributed by atoms with Crippen LogP contribution in [0.5, 0.6) is 11.5 Å². The zero-order valence-corrected chi connectivity index (χ0v) is 10.6. The minimum absolute atomic E-state index is 0.0727. The van der Waals surface area contributed by atoms with Crippen molar-refractivity contribution in [1.29, 1.82) is 0 Å². The molecule has 0 aromatic heterocycles. The van der Waals surface area contributed by atoms with E-state index in [2.05, 4.69) is 5.32 Å². The Bertz CT molecular complexity index is 375. The average Bonchev–Trinajstić information content (AvgIpc) is 2.86. The molecule has 0 spiro atoms. The Morgan fingerprint density at radius 2 is 1.94 bits per heavy atom. The van der Waals surface area contributed by atoms with Crippen molar-refractivity contribution >= 4 is 0 Å². The molecule has 0 unspecified atom stereocenters. The van der Waals surface area contributed by atoms with Crippen molar-refractivity contribution in [1.82, 2.24) is 5.32 Å². The smallest absolute Gasteiger partial charge is 0.157 e. The minimum atomic E-state index is -0.0803. The molecule has 18 heavy (non-hydrogen) atoms. The second-order valence-corrected chi connectivity index (χ2v) is 4.78. The molecule has 1 fully saturated rings. The van der Waals surface area contributed by atoms with Crippen LogP contribution >= 0.6 is 0 Å². The summed E-state index contributed by atoms with van der Waals surface area (Å²) in [5.74, 6) is -0.153. The van der Waals surface area contributed by atoms with Gasteiger partial charge in [-0.3, -0.25) is 0 Å². The Balaban J connectivity index is 1.61. The highest BCUT2D eigenvalue weighted by Crippen LogP contribution is 2.24. The SMILES string of the molecule is Oc1ccc(CNCCOC2CCCC2)cc1O. The fourth-order valence-electron chi connectivity index (χ4n) is 2.26. The normalized spacial score (nSPS) is 16.2. The Kier molecular flexibility index (Phi) is 4.84. The van der Waals surface area contributed by atoms with Crippen LogP contribution in [-0.2, 0) is 11.3 Å². The molecule has 0 aliphatic heterocycles. The molecule has 1 aromatic carbocycles. The summed E-state index contributed by atoms with van der Waals surface area (Å²) < 4.78 is 5.73. The summed E-state index contributed by atoms with van der Waals surface area (Å²) >= 11 is 0. The second-order valence-electron chi connectivity index (χ2n) is 4.78. The third-order valence-corrected chi connectivity index (χ3v) is 3.30. The fraction of sp³-hybridized carbons (Fsp3) is 0.571. The van der Waals surface area contributed by atoms with Crippen LogP contribution in [0.2, 0.25) is 0 Å². The molecule has 3 N–H and O–H groups in total. The number of hydrogen-bond acceptors (Lipinski definition) is 4. The molecule has 4 nitrogen and oxygen atoms in total. The van der Waals surface area contributed by atoms with Crippen molar-refractivity contribution in [3.63, 3.8) is 0 Å². The highest BCUT2D eigenvalue weighted by molar-refractivity contribution is 5.40. The van der Waals surface area contributed by atoms with Gasteiger partial charge in [-0.2, -0.15) is 0 Å². The number of phenols is 2. The molecular formula is C14H21NO3. The number of phenolic OH excluding ortho intramolecular Hbond substituents is 2. The van der Waals surface area contributed by atoms with E-state index in [1.165, 1.54) is 31.7 Å². The monoisotopic (exact) mass is 251 g/mol. The number of hydrogen-bond donors (Lipinski definition) is 3. The average molecular weight is 251 g/mol. The largest absolute Gasteiger partial charge is 0.504 e. The van der Waals surface area contributed by atoms with E-state index in [1.54, 1.807) is 12.1 Å². The van der Waals surface area contributed by atoms with Gasteiger partial charge in [-0.15, -0.1) is 0 Å². The van der Waals surface area contributed by atoms with Crippen molar-refractivity contribution < 1.29 is 14.9 Å². The summed E-state index contributed by atoms with van der Waals surface area (Å²) in [5, 5.41) is 21.8. The van der Waals surface area contributed by atoms with Crippen LogP contribution in [0.15, 0.2) is 18.2 Å². The lowest BCUT2D eigenvalue weighted by Crippen LogP contribution is -2.21. The van der Waals surface area contributed by atoms with Crippen molar-refractivity contribution in [2.75, 3.05) is 13.2 Å². The molecule has 0 amide bonds. The second kappa shape index (κ2) is 6.61. The van der Waals surface area contributed by atoms with Gasteiger partial charge in [0.2, 0.25) is 0 Å². The molecule has 0 saturated heterocycles. The van der Waals surface area contributed by atoms with Crippen LogP contribution < -0.4 is 5.32 Å². The first kappa shape index (κ1) is 13.2. The van der Waals surface area contributed by atoms with Crippen molar-refractivity contribution in [3.8, 4) is 11.5 Å². The predicted molar refractivity (Wildman–Crippen MR) is 69.7 cm³/mol. The number of aromatic hydroxyl groups is 2. The Morgan fingerprint density at radius 1 is 1.17 bits per heavy atom. The van der Waals surface area contributed by atoms with Gasteiger partial charge in [-0.25, -0.2) is 0 Å². The summed E-state index contributed by atoms with van der Waals surface area (Å²) in [4.78, 5) is 0. The fourth-order valence-corrected chi connectivity index (χ4v) is 2.26. The quantitative estimate of drug-likeness (QED) is 0.535. The lowest BCUT2D eigenvalue weighted by Gasteiger charge is -2.11. The van der Waals surface area contributed by atoms with Gasteiger partial charge in [0, 0.05) is 13.1 Å². The summed E-state index contributed by atoms with van der Waals surface area (Å²) in [6.07, 6.45) is 5.46. The maximum atomic E-state index is 9.34. The zero-order chi connectivity index (χ0) is 12.8. The van der Waals surface area contributed by atoms with Gasteiger partial charge in [0.25, 0.3) is 0 Å². The van der Waals surface area contributed by atoms with E-state index in [1.807, 2.05) is 0 Å². The van der Waals surface area contributed by atoms with Crippen molar-refractivity contribution in [2.45, 2.75) is 38.3 Å². The molecule has 100 valence electrons. The van der Waals surface area contributed by atoms with Crippen molar-refractivity contribution in [2.24, 2.45) is 0 Å². The van der Waals surface area contributed by atoms with E-state index < -0.39 is 0 Å². The first-order valence-corrected chi connectivity index (χ1v) is 6.59. The van der Waals surface area contributed by atoms with Gasteiger partial charge < -0.3 is 20.3 Å². The molecular weight excluding hydrogens is 230 g/mol. The van der Waals surface area contributed by atoms with Crippen LogP contribution in [0, 0.1) is 0 Å². The molecule has 0 radical (unpaired) electrons. The molecule has 2 rings (SSSR count). The van der Waals surface area contributed by atoms with Crippen LogP contribution in [0.4, 0.5) is 0 Å². The maximum Gasteiger partial charge on any atom is 0.157 e. The predicted octanol–water partition coefficient (Wildman–Crippen LogP) is 2.15. The van der Waals surface area contributed by atoms with E-state index in [4.69, 9.17) is 4.74 Å². The number of rotatable bonds is 6. The highest BCUT2D eigenvalue weighted by atomic mass is 16.5. The van der Waals surface area contributed by atoms with E-state index in [9.17, 15) is 10.2 Å². The van der Waals surface area contributed by atoms with E-state index >= 15 is 0 Å². The molecule has 0 atom stereocenters. The third-order valence-electron chi connectivity index (χ3n) is 3.30. The molecule has 0 bridgehead atoms. The summed E-state index contributed by atoms with van der Waals surface area (Å²) in [6.45, 7) is 2.20. The maximum absolute atomic E-state index is 9.34. The topological polar surface area (TPSA) is 61.7 Å². The Labute approximate surface area is 108 Å². The lowest BCUT2D eigenvalue weighted by molar-refractivity contribution is 0.0602. The highest BCUT2D eigenvalue weighted by Gasteiger charge is 2.14. The molecule has 1 aromatic rings. The van der Waals surface area contributed by atoms with Crippen molar-refractivity contribution in [3.05, 3.63) is 23.8 Å². The van der Waals surface area contributed by atoms with Crippen LogP contribution in [-0.4, -0.2) is 29.5 Å². The standard InChI is InChI=1S/C14H21NO3/c16-13-6-5-11(9-14(13)17)10-15-7-8-18-12-3-1-2-4-12/h5-6,9,12,15-17H,1-4,7-8,10H2. The lowest BCUT2D eigenvalue weighted by atomic mass is 10.2. The third kappa shape index (κ3) is 3.89. The molecule has 1 aliphatic carbocycles. The molecule has 1 aliphatic rings. The van der Waals surface area contributed by atoms with E-state index in [-0.39, 0.29) is 11.5 Å². The molecule has 0 heterocycles. The zero-order valence-electron chi connectivity index (χ0n) is 10.6. The molecule has 1 saturated carbocycles. The summed E-state index contributed by atoms with van der Waals surface area (Å²) in [6, 6.07) is 4.86. The van der Waals surface area contributed by atoms with Gasteiger partial charge >= 0.3 is 0 Å². The van der Waals surface area contributed by atoms with Gasteiger partial charge in [0.1, 0.15) is 0 Å².